The predicted molar refractivity (Wildman–Crippen MR) is 146 cm³/mol. The Kier molecular flexibility index (Phi) is 3.91. The summed E-state index contributed by atoms with van der Waals surface area (Å²) in [6, 6.07) is 32.3. The summed E-state index contributed by atoms with van der Waals surface area (Å²) in [6.07, 6.45) is 0. The molecule has 5 nitrogen and oxygen atoms in total. The largest absolute Gasteiger partial charge is 0.314 e. The van der Waals surface area contributed by atoms with Gasteiger partial charge in [0.15, 0.2) is 11.6 Å². The van der Waals surface area contributed by atoms with Crippen molar-refractivity contribution in [3.63, 3.8) is 0 Å². The van der Waals surface area contributed by atoms with Crippen LogP contribution in [0.5, 0.6) is 0 Å². The number of carbonyl (C=O) groups excluding carboxylic acids is 3. The smallest absolute Gasteiger partial charge is 0.246 e. The summed E-state index contributed by atoms with van der Waals surface area (Å²) in [5.74, 6) is -0.718. The monoisotopic (exact) mass is 492 g/mol. The summed E-state index contributed by atoms with van der Waals surface area (Å²) in [5.41, 5.74) is 5.29. The Bertz CT molecular complexity index is 1770. The second-order valence-corrected chi connectivity index (χ2v) is 10.00. The van der Waals surface area contributed by atoms with E-state index in [-0.39, 0.29) is 17.5 Å². The molecule has 0 saturated heterocycles. The lowest BCUT2D eigenvalue weighted by atomic mass is 9.65. The van der Waals surface area contributed by atoms with Crippen LogP contribution in [0, 0.1) is 0 Å². The van der Waals surface area contributed by atoms with E-state index in [1.165, 1.54) is 0 Å². The van der Waals surface area contributed by atoms with Gasteiger partial charge in [-0.25, -0.2) is 0 Å². The van der Waals surface area contributed by atoms with Gasteiger partial charge in [0.1, 0.15) is 5.41 Å². The van der Waals surface area contributed by atoms with Crippen LogP contribution in [0.25, 0.3) is 11.4 Å². The second-order valence-electron chi connectivity index (χ2n) is 10.00. The molecule has 1 spiro atoms. The van der Waals surface area contributed by atoms with Gasteiger partial charge in [0.05, 0.1) is 11.4 Å². The van der Waals surface area contributed by atoms with E-state index in [1.807, 2.05) is 108 Å². The summed E-state index contributed by atoms with van der Waals surface area (Å²) in [4.78, 5) is 47.0. The van der Waals surface area contributed by atoms with Gasteiger partial charge in [-0.15, -0.1) is 0 Å². The molecule has 2 heterocycles. The summed E-state index contributed by atoms with van der Waals surface area (Å²) in [6.45, 7) is 0. The number of carbonyl (C=O) groups is 3. The van der Waals surface area contributed by atoms with E-state index in [0.717, 1.165) is 16.8 Å². The first-order valence-electron chi connectivity index (χ1n) is 12.6. The molecule has 0 unspecified atom stereocenters. The van der Waals surface area contributed by atoms with Crippen LogP contribution >= 0.6 is 0 Å². The maximum atomic E-state index is 14.6. The van der Waals surface area contributed by atoms with Crippen molar-refractivity contribution in [1.29, 1.82) is 0 Å². The molecule has 0 radical (unpaired) electrons. The Balaban J connectivity index is 1.60. The highest BCUT2D eigenvalue weighted by Crippen LogP contribution is 2.63. The van der Waals surface area contributed by atoms with Crippen molar-refractivity contribution in [1.82, 2.24) is 0 Å². The summed E-state index contributed by atoms with van der Waals surface area (Å²) >= 11 is 0. The Morgan fingerprint density at radius 2 is 1.03 bits per heavy atom. The molecule has 4 aliphatic rings. The van der Waals surface area contributed by atoms with Crippen LogP contribution in [-0.2, 0) is 10.2 Å². The van der Waals surface area contributed by atoms with E-state index in [4.69, 9.17) is 0 Å². The number of hydrogen-bond donors (Lipinski definition) is 0. The summed E-state index contributed by atoms with van der Waals surface area (Å²) in [7, 11) is 1.72. The molecule has 4 aromatic carbocycles. The molecule has 2 aliphatic carbocycles. The number of fused-ring (bicyclic) bond motifs is 8. The highest BCUT2D eigenvalue weighted by atomic mass is 16.2. The Morgan fingerprint density at radius 1 is 0.553 bits per heavy atom. The Morgan fingerprint density at radius 3 is 1.61 bits per heavy atom. The van der Waals surface area contributed by atoms with E-state index < -0.39 is 5.41 Å². The Hall–Kier alpha value is -5.03. The fourth-order valence-corrected chi connectivity index (χ4v) is 6.80. The molecule has 2 aliphatic heterocycles. The van der Waals surface area contributed by atoms with E-state index >= 15 is 0 Å². The van der Waals surface area contributed by atoms with Crippen LogP contribution in [0.1, 0.15) is 37.4 Å². The standard InChI is InChI=1S/C33H20N2O3/c1-34-25-18-10-9-17-24(25)33(32(34)38)26-28(20-13-5-7-15-22(20)30(26)36)35(19-11-3-2-4-12-19)29-21-14-6-8-16-23(21)31(37)27(29)33/h2-18H,1H3. The zero-order chi connectivity index (χ0) is 25.8. The van der Waals surface area contributed by atoms with Gasteiger partial charge in [0, 0.05) is 57.4 Å². The Labute approximate surface area is 218 Å². The SMILES string of the molecule is CN1C(=O)C2(C3=C(c4ccccc4C3=O)N(c3ccccc3)C3=C2C(=O)c2ccccc23)c2ccccc21. The lowest BCUT2D eigenvalue weighted by Crippen LogP contribution is -2.48. The maximum absolute atomic E-state index is 14.6. The number of nitrogens with zero attached hydrogens (tertiary/aromatic N) is 2. The number of ketones is 2. The van der Waals surface area contributed by atoms with Crippen LogP contribution in [0.15, 0.2) is 114 Å². The van der Waals surface area contributed by atoms with Crippen molar-refractivity contribution in [2.75, 3.05) is 16.8 Å². The van der Waals surface area contributed by atoms with Crippen molar-refractivity contribution >= 4 is 40.2 Å². The number of para-hydroxylation sites is 2. The number of Topliss-reactive ketones (excluding diaryl/α,β-unsaturated/α-hetero) is 2. The first-order chi connectivity index (χ1) is 18.6. The third-order valence-electron chi connectivity index (χ3n) is 8.29. The van der Waals surface area contributed by atoms with E-state index in [2.05, 4.69) is 0 Å². The molecule has 0 N–H and O–H groups in total. The molecule has 1 amide bonds. The highest BCUT2D eigenvalue weighted by Gasteiger charge is 2.65. The maximum Gasteiger partial charge on any atom is 0.246 e. The minimum Gasteiger partial charge on any atom is -0.314 e. The van der Waals surface area contributed by atoms with Gasteiger partial charge < -0.3 is 9.80 Å². The van der Waals surface area contributed by atoms with Crippen LogP contribution in [-0.4, -0.2) is 24.5 Å². The first-order valence-corrected chi connectivity index (χ1v) is 12.6. The van der Waals surface area contributed by atoms with Gasteiger partial charge >= 0.3 is 0 Å². The summed E-state index contributed by atoms with van der Waals surface area (Å²) < 4.78 is 0. The van der Waals surface area contributed by atoms with Crippen LogP contribution in [0.3, 0.4) is 0 Å². The van der Waals surface area contributed by atoms with Gasteiger partial charge in [-0.05, 0) is 18.2 Å². The molecule has 0 saturated carbocycles. The summed E-state index contributed by atoms with van der Waals surface area (Å²) in [5, 5.41) is 0. The normalized spacial score (nSPS) is 18.2. The minimum absolute atomic E-state index is 0.217. The second kappa shape index (κ2) is 7.05. The molecule has 38 heavy (non-hydrogen) atoms. The molecule has 5 heteroatoms. The topological polar surface area (TPSA) is 57.7 Å². The van der Waals surface area contributed by atoms with Crippen molar-refractivity contribution in [3.05, 3.63) is 142 Å². The highest BCUT2D eigenvalue weighted by molar-refractivity contribution is 6.39. The van der Waals surface area contributed by atoms with Crippen molar-refractivity contribution in [2.24, 2.45) is 0 Å². The number of likely N-dealkylation sites (N-methyl/N-ethyl adjacent to an activating group) is 1. The number of benzene rings is 4. The fraction of sp³-hybridized carbons (Fsp3) is 0.0606. The van der Waals surface area contributed by atoms with Gasteiger partial charge in [0.25, 0.3) is 0 Å². The van der Waals surface area contributed by atoms with Gasteiger partial charge in [-0.1, -0.05) is 84.9 Å². The number of hydrogen-bond acceptors (Lipinski definition) is 4. The molecule has 4 aromatic rings. The van der Waals surface area contributed by atoms with E-state index in [1.54, 1.807) is 11.9 Å². The lowest BCUT2D eigenvalue weighted by Gasteiger charge is -2.41. The quantitative estimate of drug-likeness (QED) is 0.345. The molecule has 0 fully saturated rings. The minimum atomic E-state index is -1.55. The van der Waals surface area contributed by atoms with Crippen LogP contribution in [0.2, 0.25) is 0 Å². The number of anilines is 2. The fourth-order valence-electron chi connectivity index (χ4n) is 6.80. The third kappa shape index (κ3) is 2.22. The zero-order valence-electron chi connectivity index (χ0n) is 20.4. The molecule has 8 rings (SSSR count). The van der Waals surface area contributed by atoms with E-state index in [9.17, 15) is 14.4 Å². The van der Waals surface area contributed by atoms with Gasteiger partial charge in [-0.2, -0.15) is 0 Å². The average Bonchev–Trinajstić information content (AvgIpc) is 3.51. The molecular weight excluding hydrogens is 472 g/mol. The molecule has 0 atom stereocenters. The van der Waals surface area contributed by atoms with Gasteiger partial charge in [0.2, 0.25) is 5.91 Å². The van der Waals surface area contributed by atoms with Crippen molar-refractivity contribution < 1.29 is 14.4 Å². The predicted octanol–water partition coefficient (Wildman–Crippen LogP) is 5.64. The van der Waals surface area contributed by atoms with Crippen molar-refractivity contribution in [3.8, 4) is 0 Å². The van der Waals surface area contributed by atoms with Crippen molar-refractivity contribution in [2.45, 2.75) is 5.41 Å². The first kappa shape index (κ1) is 21.1. The van der Waals surface area contributed by atoms with Crippen LogP contribution < -0.4 is 9.80 Å². The van der Waals surface area contributed by atoms with E-state index in [0.29, 0.717) is 44.9 Å². The molecule has 180 valence electrons. The third-order valence-corrected chi connectivity index (χ3v) is 8.29. The zero-order valence-corrected chi connectivity index (χ0v) is 20.4. The number of amides is 1. The molecule has 0 bridgehead atoms. The van der Waals surface area contributed by atoms with Crippen LogP contribution in [0.4, 0.5) is 11.4 Å². The lowest BCUT2D eigenvalue weighted by molar-refractivity contribution is -0.120. The van der Waals surface area contributed by atoms with Gasteiger partial charge in [-0.3, -0.25) is 14.4 Å². The number of rotatable bonds is 1. The average molecular weight is 493 g/mol. The molecule has 0 aromatic heterocycles. The molecular formula is C33H20N2O3.